The molecule has 0 spiro atoms. The molecule has 0 atom stereocenters. The molecule has 1 N–H and O–H groups in total. The first kappa shape index (κ1) is 23.6. The van der Waals surface area contributed by atoms with Crippen molar-refractivity contribution in [2.45, 2.75) is 22.6 Å². The number of hydrogen-bond donors (Lipinski definition) is 1. The van der Waals surface area contributed by atoms with E-state index < -0.39 is 39.4 Å². The van der Waals surface area contributed by atoms with Crippen LogP contribution in [0.2, 0.25) is 0 Å². The van der Waals surface area contributed by atoms with Crippen LogP contribution in [0.15, 0.2) is 90.8 Å². The van der Waals surface area contributed by atoms with Gasteiger partial charge in [-0.3, -0.25) is 4.79 Å². The molecule has 6 nitrogen and oxygen atoms in total. The smallest absolute Gasteiger partial charge is 0.417 e. The summed E-state index contributed by atoms with van der Waals surface area (Å²) in [5, 5.41) is 11.1. The predicted octanol–water partition coefficient (Wildman–Crippen LogP) is 5.57. The average molecular weight is 514 g/mol. The fourth-order valence-electron chi connectivity index (χ4n) is 3.77. The lowest BCUT2D eigenvalue weighted by molar-refractivity contribution is -0.137. The maximum atomic E-state index is 13.5. The Labute approximate surface area is 203 Å². The largest absolute Gasteiger partial charge is 0.505 e. The van der Waals surface area contributed by atoms with Gasteiger partial charge in [-0.1, -0.05) is 36.0 Å². The number of para-hydroxylation sites is 1. The van der Waals surface area contributed by atoms with Gasteiger partial charge < -0.3 is 14.1 Å². The van der Waals surface area contributed by atoms with Crippen molar-refractivity contribution in [2.24, 2.45) is 0 Å². The highest BCUT2D eigenvalue weighted by Gasteiger charge is 2.31. The fourth-order valence-corrected chi connectivity index (χ4v) is 4.55. The molecule has 0 fully saturated rings. The number of benzene rings is 2. The van der Waals surface area contributed by atoms with E-state index in [0.717, 1.165) is 12.1 Å². The van der Waals surface area contributed by atoms with Crippen molar-refractivity contribution in [1.82, 2.24) is 9.55 Å². The summed E-state index contributed by atoms with van der Waals surface area (Å²) in [6, 6.07) is 14.0. The third-order valence-corrected chi connectivity index (χ3v) is 6.50. The Morgan fingerprint density at radius 2 is 1.72 bits per heavy atom. The Kier molecular flexibility index (Phi) is 5.79. The van der Waals surface area contributed by atoms with Crippen LogP contribution in [0.1, 0.15) is 11.1 Å². The Bertz CT molecular complexity index is 1730. The summed E-state index contributed by atoms with van der Waals surface area (Å²) in [5.41, 5.74) is -1.71. The average Bonchev–Trinajstić information content (AvgIpc) is 2.85. The lowest BCUT2D eigenvalue weighted by Gasteiger charge is -2.14. The zero-order valence-electron chi connectivity index (χ0n) is 18.0. The summed E-state index contributed by atoms with van der Waals surface area (Å²) in [6.45, 7) is 0.0388. The van der Waals surface area contributed by atoms with E-state index in [1.807, 2.05) is 0 Å². The van der Waals surface area contributed by atoms with Crippen molar-refractivity contribution in [1.29, 1.82) is 0 Å². The minimum absolute atomic E-state index is 0.0163. The summed E-state index contributed by atoms with van der Waals surface area (Å²) in [7, 11) is 0. The van der Waals surface area contributed by atoms with E-state index in [1.54, 1.807) is 24.3 Å². The van der Waals surface area contributed by atoms with Gasteiger partial charge in [0.2, 0.25) is 0 Å². The van der Waals surface area contributed by atoms with E-state index in [2.05, 4.69) is 4.98 Å². The third-order valence-electron chi connectivity index (χ3n) is 5.48. The summed E-state index contributed by atoms with van der Waals surface area (Å²) < 4.78 is 58.6. The van der Waals surface area contributed by atoms with Crippen molar-refractivity contribution in [3.63, 3.8) is 0 Å². The third kappa shape index (κ3) is 4.22. The minimum atomic E-state index is -4.59. The maximum Gasteiger partial charge on any atom is 0.417 e. The molecular formula is C25H14F4N2O4S. The number of hydrogen-bond acceptors (Lipinski definition) is 6. The zero-order chi connectivity index (χ0) is 25.6. The number of aromatic hydroxyl groups is 1. The molecule has 0 aliphatic rings. The highest BCUT2D eigenvalue weighted by atomic mass is 32.2. The van der Waals surface area contributed by atoms with Crippen molar-refractivity contribution in [3.8, 4) is 5.75 Å². The standard InChI is InChI=1S/C25H14F4N2O4S/c26-15-8-5-13(6-9-15)12-31-17-4-2-1-3-16(17)21-19(23(31)33)20(32)22(24(34)35-21)36-18-10-7-14(11-30-18)25(27,28)29/h1-11,32H,12H2. The summed E-state index contributed by atoms with van der Waals surface area (Å²) in [5.74, 6) is -1.11. The molecule has 5 rings (SSSR count). The Balaban J connectivity index is 1.68. The summed E-state index contributed by atoms with van der Waals surface area (Å²) >= 11 is 0.576. The van der Waals surface area contributed by atoms with Crippen LogP contribution in [0.5, 0.6) is 5.75 Å². The van der Waals surface area contributed by atoms with E-state index in [1.165, 1.54) is 28.8 Å². The minimum Gasteiger partial charge on any atom is -0.505 e. The highest BCUT2D eigenvalue weighted by Crippen LogP contribution is 2.37. The molecule has 0 radical (unpaired) electrons. The van der Waals surface area contributed by atoms with E-state index in [4.69, 9.17) is 4.42 Å². The van der Waals surface area contributed by atoms with Crippen LogP contribution in [0, 0.1) is 5.82 Å². The number of aromatic nitrogens is 2. The number of rotatable bonds is 4. The zero-order valence-corrected chi connectivity index (χ0v) is 18.9. The molecule has 3 aromatic heterocycles. The highest BCUT2D eigenvalue weighted by molar-refractivity contribution is 7.99. The molecule has 0 amide bonds. The van der Waals surface area contributed by atoms with Gasteiger partial charge in [0.05, 0.1) is 17.6 Å². The van der Waals surface area contributed by atoms with Gasteiger partial charge in [-0.2, -0.15) is 13.2 Å². The van der Waals surface area contributed by atoms with Crippen LogP contribution in [0.25, 0.3) is 21.9 Å². The molecule has 0 unspecified atom stereocenters. The van der Waals surface area contributed by atoms with Crippen molar-refractivity contribution in [3.05, 3.63) is 105 Å². The monoisotopic (exact) mass is 514 g/mol. The van der Waals surface area contributed by atoms with Gasteiger partial charge in [-0.25, -0.2) is 14.2 Å². The van der Waals surface area contributed by atoms with Crippen LogP contribution < -0.4 is 11.2 Å². The second-order valence-corrected chi connectivity index (χ2v) is 8.82. The van der Waals surface area contributed by atoms with E-state index in [0.29, 0.717) is 34.4 Å². The summed E-state index contributed by atoms with van der Waals surface area (Å²) in [6.07, 6.45) is -3.98. The van der Waals surface area contributed by atoms with Gasteiger partial charge in [-0.15, -0.1) is 0 Å². The molecule has 3 heterocycles. The molecule has 0 saturated carbocycles. The van der Waals surface area contributed by atoms with E-state index in [-0.39, 0.29) is 22.5 Å². The molecular weight excluding hydrogens is 500 g/mol. The first-order valence-corrected chi connectivity index (χ1v) is 11.2. The number of halogens is 4. The number of pyridine rings is 2. The van der Waals surface area contributed by atoms with E-state index in [9.17, 15) is 32.3 Å². The lowest BCUT2D eigenvalue weighted by Crippen LogP contribution is -2.22. The number of fused-ring (bicyclic) bond motifs is 3. The first-order valence-electron chi connectivity index (χ1n) is 10.4. The predicted molar refractivity (Wildman–Crippen MR) is 125 cm³/mol. The van der Waals surface area contributed by atoms with Crippen LogP contribution in [0.4, 0.5) is 17.6 Å². The molecule has 11 heteroatoms. The van der Waals surface area contributed by atoms with Crippen LogP contribution in [-0.2, 0) is 12.7 Å². The molecule has 36 heavy (non-hydrogen) atoms. The summed E-state index contributed by atoms with van der Waals surface area (Å²) in [4.78, 5) is 29.6. The second kappa shape index (κ2) is 8.83. The van der Waals surface area contributed by atoms with Crippen molar-refractivity contribution >= 4 is 33.6 Å². The Hall–Kier alpha value is -4.12. The molecule has 0 aliphatic heterocycles. The topological polar surface area (TPSA) is 85.3 Å². The van der Waals surface area contributed by atoms with Crippen LogP contribution in [-0.4, -0.2) is 14.7 Å². The van der Waals surface area contributed by atoms with Gasteiger partial charge in [0.1, 0.15) is 21.1 Å². The molecule has 5 aromatic rings. The van der Waals surface area contributed by atoms with Gasteiger partial charge in [-0.05, 0) is 42.0 Å². The Morgan fingerprint density at radius 1 is 1.00 bits per heavy atom. The quantitative estimate of drug-likeness (QED) is 0.250. The Morgan fingerprint density at radius 3 is 2.39 bits per heavy atom. The normalized spacial score (nSPS) is 11.9. The van der Waals surface area contributed by atoms with Gasteiger partial charge in [0.15, 0.2) is 11.3 Å². The molecule has 0 bridgehead atoms. The van der Waals surface area contributed by atoms with Gasteiger partial charge in [0, 0.05) is 11.6 Å². The van der Waals surface area contributed by atoms with E-state index >= 15 is 0 Å². The second-order valence-electron chi connectivity index (χ2n) is 7.79. The number of alkyl halides is 3. The first-order chi connectivity index (χ1) is 17.1. The molecule has 0 aliphatic carbocycles. The fraction of sp³-hybridized carbons (Fsp3) is 0.0800. The number of nitrogens with zero attached hydrogens (tertiary/aromatic N) is 2. The van der Waals surface area contributed by atoms with Crippen LogP contribution in [0.3, 0.4) is 0 Å². The SMILES string of the molecule is O=c1oc2c(c(O)c1Sc1ccc(C(F)(F)F)cn1)c(=O)n(Cc1ccc(F)cc1)c1ccccc21. The maximum absolute atomic E-state index is 13.5. The van der Waals surface area contributed by atoms with Gasteiger partial charge >= 0.3 is 11.8 Å². The van der Waals surface area contributed by atoms with Crippen molar-refractivity contribution < 1.29 is 27.1 Å². The van der Waals surface area contributed by atoms with Gasteiger partial charge in [0.25, 0.3) is 5.56 Å². The van der Waals surface area contributed by atoms with Crippen LogP contribution >= 0.6 is 11.8 Å². The molecule has 2 aromatic carbocycles. The molecule has 182 valence electrons. The van der Waals surface area contributed by atoms with Crippen molar-refractivity contribution in [2.75, 3.05) is 0 Å². The lowest BCUT2D eigenvalue weighted by atomic mass is 10.1. The molecule has 0 saturated heterocycles.